The molecular formula is C18H28N2O. The molecular weight excluding hydrogens is 260 g/mol. The molecule has 0 radical (unpaired) electrons. The van der Waals surface area contributed by atoms with E-state index in [9.17, 15) is 0 Å². The van der Waals surface area contributed by atoms with Gasteiger partial charge in [0.15, 0.2) is 0 Å². The first-order chi connectivity index (χ1) is 10.3. The zero-order valence-corrected chi connectivity index (χ0v) is 13.2. The molecule has 0 atom stereocenters. The second-order valence-electron chi connectivity index (χ2n) is 6.57. The molecule has 1 aromatic carbocycles. The number of para-hydroxylation sites is 1. The van der Waals surface area contributed by atoms with Gasteiger partial charge in [-0.15, -0.1) is 0 Å². The van der Waals surface area contributed by atoms with Crippen molar-refractivity contribution in [1.29, 1.82) is 0 Å². The molecule has 1 aromatic rings. The van der Waals surface area contributed by atoms with Crippen molar-refractivity contribution in [3.63, 3.8) is 0 Å². The Hall–Kier alpha value is -1.06. The van der Waals surface area contributed by atoms with Crippen molar-refractivity contribution in [2.24, 2.45) is 5.92 Å². The smallest absolute Gasteiger partial charge is 0.0642 e. The van der Waals surface area contributed by atoms with Crippen LogP contribution in [0.5, 0.6) is 0 Å². The molecule has 3 rings (SSSR count). The van der Waals surface area contributed by atoms with E-state index >= 15 is 0 Å². The third kappa shape index (κ3) is 3.98. The van der Waals surface area contributed by atoms with Crippen molar-refractivity contribution in [3.8, 4) is 0 Å². The summed E-state index contributed by atoms with van der Waals surface area (Å²) in [6.45, 7) is 7.09. The van der Waals surface area contributed by atoms with Crippen LogP contribution in [0.4, 0.5) is 5.69 Å². The van der Waals surface area contributed by atoms with E-state index in [1.54, 1.807) is 0 Å². The summed E-state index contributed by atoms with van der Waals surface area (Å²) in [6, 6.07) is 9.54. The van der Waals surface area contributed by atoms with Gasteiger partial charge in [-0.1, -0.05) is 25.1 Å². The van der Waals surface area contributed by atoms with E-state index < -0.39 is 0 Å². The summed E-state index contributed by atoms with van der Waals surface area (Å²) in [7, 11) is 0. The number of hydrogen-bond donors (Lipinski definition) is 1. The summed E-state index contributed by atoms with van der Waals surface area (Å²) in [5.74, 6) is 0.920. The van der Waals surface area contributed by atoms with E-state index in [0.29, 0.717) is 6.04 Å². The SMILES string of the molecule is CC1CCC(NCc2ccccc2N2CCOCC2)CC1. The largest absolute Gasteiger partial charge is 0.378 e. The molecule has 1 saturated heterocycles. The molecule has 1 N–H and O–H groups in total. The van der Waals surface area contributed by atoms with Gasteiger partial charge >= 0.3 is 0 Å². The van der Waals surface area contributed by atoms with E-state index in [4.69, 9.17) is 4.74 Å². The molecule has 1 saturated carbocycles. The Morgan fingerprint density at radius 3 is 2.57 bits per heavy atom. The summed E-state index contributed by atoms with van der Waals surface area (Å²) < 4.78 is 5.47. The van der Waals surface area contributed by atoms with Gasteiger partial charge in [0.25, 0.3) is 0 Å². The number of nitrogens with zero attached hydrogens (tertiary/aromatic N) is 1. The Morgan fingerprint density at radius 2 is 1.81 bits per heavy atom. The summed E-state index contributed by atoms with van der Waals surface area (Å²) >= 11 is 0. The minimum atomic E-state index is 0.707. The lowest BCUT2D eigenvalue weighted by molar-refractivity contribution is 0.122. The van der Waals surface area contributed by atoms with Crippen molar-refractivity contribution in [2.45, 2.75) is 45.2 Å². The second-order valence-corrected chi connectivity index (χ2v) is 6.57. The van der Waals surface area contributed by atoms with Crippen molar-refractivity contribution >= 4 is 5.69 Å². The van der Waals surface area contributed by atoms with Crippen LogP contribution in [0.2, 0.25) is 0 Å². The van der Waals surface area contributed by atoms with Gasteiger partial charge in [0, 0.05) is 31.4 Å². The van der Waals surface area contributed by atoms with Crippen molar-refractivity contribution in [3.05, 3.63) is 29.8 Å². The average Bonchev–Trinajstić information content (AvgIpc) is 2.55. The zero-order chi connectivity index (χ0) is 14.5. The van der Waals surface area contributed by atoms with E-state index in [-0.39, 0.29) is 0 Å². The van der Waals surface area contributed by atoms with E-state index in [1.165, 1.54) is 36.9 Å². The van der Waals surface area contributed by atoms with Gasteiger partial charge in [0.05, 0.1) is 13.2 Å². The van der Waals surface area contributed by atoms with Gasteiger partial charge in [0.2, 0.25) is 0 Å². The minimum absolute atomic E-state index is 0.707. The van der Waals surface area contributed by atoms with Gasteiger partial charge in [0.1, 0.15) is 0 Å². The van der Waals surface area contributed by atoms with Crippen LogP contribution < -0.4 is 10.2 Å². The maximum atomic E-state index is 5.47. The maximum Gasteiger partial charge on any atom is 0.0642 e. The summed E-state index contributed by atoms with van der Waals surface area (Å²) in [5.41, 5.74) is 2.82. The minimum Gasteiger partial charge on any atom is -0.378 e. The molecule has 1 aliphatic heterocycles. The van der Waals surface area contributed by atoms with Crippen LogP contribution in [0.25, 0.3) is 0 Å². The molecule has 0 unspecified atom stereocenters. The molecule has 2 fully saturated rings. The molecule has 1 heterocycles. The predicted molar refractivity (Wildman–Crippen MR) is 87.7 cm³/mol. The number of morpholine rings is 1. The van der Waals surface area contributed by atoms with Gasteiger partial charge in [-0.25, -0.2) is 0 Å². The lowest BCUT2D eigenvalue weighted by Gasteiger charge is -2.31. The molecule has 21 heavy (non-hydrogen) atoms. The summed E-state index contributed by atoms with van der Waals surface area (Å²) in [5, 5.41) is 3.78. The highest BCUT2D eigenvalue weighted by atomic mass is 16.5. The van der Waals surface area contributed by atoms with Crippen LogP contribution >= 0.6 is 0 Å². The van der Waals surface area contributed by atoms with Crippen LogP contribution in [0.3, 0.4) is 0 Å². The number of benzene rings is 1. The molecule has 2 aliphatic rings. The number of hydrogen-bond acceptors (Lipinski definition) is 3. The lowest BCUT2D eigenvalue weighted by Crippen LogP contribution is -2.37. The van der Waals surface area contributed by atoms with Gasteiger partial charge < -0.3 is 15.0 Å². The van der Waals surface area contributed by atoms with Crippen LogP contribution in [0.1, 0.15) is 38.2 Å². The third-order valence-electron chi connectivity index (χ3n) is 4.94. The molecule has 3 heteroatoms. The number of rotatable bonds is 4. The van der Waals surface area contributed by atoms with E-state index in [0.717, 1.165) is 38.8 Å². The number of ether oxygens (including phenoxy) is 1. The highest BCUT2D eigenvalue weighted by Gasteiger charge is 2.19. The van der Waals surface area contributed by atoms with Gasteiger partial charge in [-0.05, 0) is 43.2 Å². The fourth-order valence-electron chi connectivity index (χ4n) is 3.49. The monoisotopic (exact) mass is 288 g/mol. The van der Waals surface area contributed by atoms with Crippen LogP contribution in [-0.4, -0.2) is 32.3 Å². The highest BCUT2D eigenvalue weighted by molar-refractivity contribution is 5.53. The number of nitrogens with one attached hydrogen (secondary N) is 1. The van der Waals surface area contributed by atoms with Crippen molar-refractivity contribution < 1.29 is 4.74 Å². The Kier molecular flexibility index (Phi) is 5.15. The van der Waals surface area contributed by atoms with Crippen molar-refractivity contribution in [1.82, 2.24) is 5.32 Å². The van der Waals surface area contributed by atoms with E-state index in [1.807, 2.05) is 0 Å². The first-order valence-electron chi connectivity index (χ1n) is 8.47. The Morgan fingerprint density at radius 1 is 1.10 bits per heavy atom. The molecule has 116 valence electrons. The molecule has 0 aromatic heterocycles. The molecule has 3 nitrogen and oxygen atoms in total. The molecule has 1 aliphatic carbocycles. The Labute approximate surface area is 128 Å². The standard InChI is InChI=1S/C18H28N2O/c1-15-6-8-17(9-7-15)19-14-16-4-2-3-5-18(16)20-10-12-21-13-11-20/h2-5,15,17,19H,6-14H2,1H3. The topological polar surface area (TPSA) is 24.5 Å². The van der Waals surface area contributed by atoms with Crippen molar-refractivity contribution in [2.75, 3.05) is 31.2 Å². The zero-order valence-electron chi connectivity index (χ0n) is 13.2. The maximum absolute atomic E-state index is 5.47. The highest BCUT2D eigenvalue weighted by Crippen LogP contribution is 2.25. The van der Waals surface area contributed by atoms with Gasteiger partial charge in [-0.2, -0.15) is 0 Å². The van der Waals surface area contributed by atoms with E-state index in [2.05, 4.69) is 41.4 Å². The number of anilines is 1. The molecule has 0 spiro atoms. The third-order valence-corrected chi connectivity index (χ3v) is 4.94. The second kappa shape index (κ2) is 7.28. The lowest BCUT2D eigenvalue weighted by atomic mass is 9.87. The Bertz CT molecular complexity index is 435. The predicted octanol–water partition coefficient (Wildman–Crippen LogP) is 3.19. The van der Waals surface area contributed by atoms with Crippen LogP contribution in [0.15, 0.2) is 24.3 Å². The molecule has 0 bridgehead atoms. The molecule has 0 amide bonds. The van der Waals surface area contributed by atoms with Crippen LogP contribution in [-0.2, 0) is 11.3 Å². The summed E-state index contributed by atoms with van der Waals surface area (Å²) in [4.78, 5) is 2.46. The van der Waals surface area contributed by atoms with Crippen LogP contribution in [0, 0.1) is 5.92 Å². The average molecular weight is 288 g/mol. The van der Waals surface area contributed by atoms with Gasteiger partial charge in [-0.3, -0.25) is 0 Å². The fraction of sp³-hybridized carbons (Fsp3) is 0.667. The fourth-order valence-corrected chi connectivity index (χ4v) is 3.49. The first kappa shape index (κ1) is 14.9. The Balaban J connectivity index is 1.59. The first-order valence-corrected chi connectivity index (χ1v) is 8.47. The summed E-state index contributed by atoms with van der Waals surface area (Å²) in [6.07, 6.45) is 5.42. The quantitative estimate of drug-likeness (QED) is 0.921. The normalized spacial score (nSPS) is 26.8.